The highest BCUT2D eigenvalue weighted by Gasteiger charge is 2.32. The van der Waals surface area contributed by atoms with Crippen molar-refractivity contribution in [1.29, 1.82) is 0 Å². The molecule has 0 unspecified atom stereocenters. The molecule has 0 aliphatic carbocycles. The number of fused-ring (bicyclic) bond motifs is 1. The third kappa shape index (κ3) is 3.48. The van der Waals surface area contributed by atoms with Crippen LogP contribution < -0.4 is 10.6 Å². The molecule has 3 aromatic rings. The zero-order valence-electron chi connectivity index (χ0n) is 15.9. The van der Waals surface area contributed by atoms with Crippen LogP contribution in [0.2, 0.25) is 0 Å². The first kappa shape index (κ1) is 19.4. The summed E-state index contributed by atoms with van der Waals surface area (Å²) in [6, 6.07) is 2.82. The highest BCUT2D eigenvalue weighted by Crippen LogP contribution is 2.35. The minimum atomic E-state index is -4.52. The van der Waals surface area contributed by atoms with Gasteiger partial charge in [-0.15, -0.1) is 0 Å². The second kappa shape index (κ2) is 7.18. The fraction of sp³-hybridized carbons (Fsp3) is 0.421. The normalized spacial score (nSPS) is 18.5. The van der Waals surface area contributed by atoms with E-state index >= 15 is 0 Å². The largest absolute Gasteiger partial charge is 0.416 e. The van der Waals surface area contributed by atoms with Crippen LogP contribution in [0.15, 0.2) is 35.5 Å². The summed E-state index contributed by atoms with van der Waals surface area (Å²) < 4.78 is 46.7. The van der Waals surface area contributed by atoms with Gasteiger partial charge < -0.3 is 14.6 Å². The molecule has 0 amide bonds. The number of alkyl halides is 3. The van der Waals surface area contributed by atoms with E-state index in [4.69, 9.17) is 4.74 Å². The molecule has 0 saturated carbocycles. The quantitative estimate of drug-likeness (QED) is 0.720. The molecule has 1 aromatic carbocycles. The summed E-state index contributed by atoms with van der Waals surface area (Å²) in [7, 11) is 1.61. The van der Waals surface area contributed by atoms with Gasteiger partial charge in [-0.05, 0) is 31.5 Å². The van der Waals surface area contributed by atoms with Gasteiger partial charge in [-0.2, -0.15) is 18.2 Å². The second-order valence-electron chi connectivity index (χ2n) is 7.08. The number of nitrogens with one attached hydrogen (secondary N) is 1. The molecule has 1 saturated heterocycles. The van der Waals surface area contributed by atoms with Crippen LogP contribution in [0.1, 0.15) is 30.6 Å². The molecular weight excluding hydrogens is 387 g/mol. The molecule has 4 rings (SSSR count). The molecule has 2 aromatic heterocycles. The van der Waals surface area contributed by atoms with Crippen LogP contribution in [0.25, 0.3) is 10.9 Å². The van der Waals surface area contributed by atoms with Gasteiger partial charge >= 0.3 is 11.9 Å². The number of aromatic nitrogens is 4. The fourth-order valence-electron chi connectivity index (χ4n) is 3.76. The molecule has 1 aliphatic heterocycles. The summed E-state index contributed by atoms with van der Waals surface area (Å²) in [6.45, 7) is 2.84. The van der Waals surface area contributed by atoms with E-state index in [1.807, 2.05) is 4.90 Å². The minimum absolute atomic E-state index is 0.00768. The Bertz CT molecular complexity index is 1080. The topological polar surface area (TPSA) is 76.0 Å². The summed E-state index contributed by atoms with van der Waals surface area (Å²) in [4.78, 5) is 26.0. The molecule has 0 radical (unpaired) electrons. The van der Waals surface area contributed by atoms with Gasteiger partial charge in [-0.1, -0.05) is 0 Å². The third-order valence-corrected chi connectivity index (χ3v) is 5.35. The van der Waals surface area contributed by atoms with Crippen molar-refractivity contribution in [2.45, 2.75) is 31.7 Å². The Hall–Kier alpha value is -2.88. The maximum absolute atomic E-state index is 13.4. The van der Waals surface area contributed by atoms with E-state index in [0.29, 0.717) is 30.0 Å². The van der Waals surface area contributed by atoms with E-state index in [2.05, 4.69) is 15.0 Å². The molecule has 10 heteroatoms. The summed E-state index contributed by atoms with van der Waals surface area (Å²) in [5.74, 6) is 0.378. The van der Waals surface area contributed by atoms with Crippen molar-refractivity contribution < 1.29 is 17.9 Å². The van der Waals surface area contributed by atoms with Gasteiger partial charge in [0.15, 0.2) is 0 Å². The maximum atomic E-state index is 13.4. The van der Waals surface area contributed by atoms with E-state index in [0.717, 1.165) is 18.6 Å². The molecule has 0 bridgehead atoms. The maximum Gasteiger partial charge on any atom is 0.416 e. The van der Waals surface area contributed by atoms with Crippen LogP contribution in [0.3, 0.4) is 0 Å². The van der Waals surface area contributed by atoms with Crippen molar-refractivity contribution in [3.63, 3.8) is 0 Å². The molecule has 3 heterocycles. The zero-order chi connectivity index (χ0) is 20.8. The number of imidazole rings is 1. The predicted octanol–water partition coefficient (Wildman–Crippen LogP) is 2.97. The number of nitrogens with zero attached hydrogens (tertiary/aromatic N) is 4. The molecule has 2 atom stereocenters. The van der Waals surface area contributed by atoms with Crippen molar-refractivity contribution in [2.24, 2.45) is 0 Å². The van der Waals surface area contributed by atoms with Gasteiger partial charge in [0.2, 0.25) is 0 Å². The van der Waals surface area contributed by atoms with Crippen molar-refractivity contribution in [2.75, 3.05) is 25.1 Å². The number of halogens is 3. The Balaban J connectivity index is 1.94. The summed E-state index contributed by atoms with van der Waals surface area (Å²) in [6.07, 6.45) is -0.715. The lowest BCUT2D eigenvalue weighted by Crippen LogP contribution is -2.32. The van der Waals surface area contributed by atoms with Gasteiger partial charge in [-0.25, -0.2) is 9.78 Å². The molecule has 154 valence electrons. The Morgan fingerprint density at radius 1 is 1.34 bits per heavy atom. The molecule has 0 spiro atoms. The molecule has 1 N–H and O–H groups in total. The van der Waals surface area contributed by atoms with Gasteiger partial charge in [0.05, 0.1) is 35.2 Å². The minimum Gasteiger partial charge on any atom is -0.380 e. The number of rotatable bonds is 4. The van der Waals surface area contributed by atoms with Crippen LogP contribution in [0, 0.1) is 0 Å². The van der Waals surface area contributed by atoms with Gasteiger partial charge in [0, 0.05) is 31.8 Å². The smallest absolute Gasteiger partial charge is 0.380 e. The number of hydrogen-bond donors (Lipinski definition) is 1. The Kier molecular flexibility index (Phi) is 4.81. The number of benzene rings is 1. The average molecular weight is 407 g/mol. The van der Waals surface area contributed by atoms with Crippen molar-refractivity contribution in [3.05, 3.63) is 52.5 Å². The predicted molar refractivity (Wildman–Crippen MR) is 101 cm³/mol. The van der Waals surface area contributed by atoms with E-state index in [-0.39, 0.29) is 11.6 Å². The van der Waals surface area contributed by atoms with E-state index < -0.39 is 23.5 Å². The van der Waals surface area contributed by atoms with E-state index in [9.17, 15) is 18.0 Å². The van der Waals surface area contributed by atoms with E-state index in [1.165, 1.54) is 17.0 Å². The van der Waals surface area contributed by atoms with Gasteiger partial charge in [-0.3, -0.25) is 4.57 Å². The highest BCUT2D eigenvalue weighted by molar-refractivity contribution is 5.90. The van der Waals surface area contributed by atoms with E-state index in [1.54, 1.807) is 20.2 Å². The molecule has 29 heavy (non-hydrogen) atoms. The summed E-state index contributed by atoms with van der Waals surface area (Å²) >= 11 is 0. The summed E-state index contributed by atoms with van der Waals surface area (Å²) in [5.41, 5.74) is -0.740. The SMILES string of the molecule is CO[C@@H]1CCN(c2nc(=O)n([C@@H](C)c3c[nH]cn3)c3cc(C(F)(F)F)ccc23)C1. The van der Waals surface area contributed by atoms with Crippen LogP contribution in [0.5, 0.6) is 0 Å². The lowest BCUT2D eigenvalue weighted by molar-refractivity contribution is -0.137. The number of hydrogen-bond acceptors (Lipinski definition) is 5. The molecule has 7 nitrogen and oxygen atoms in total. The number of ether oxygens (including phenoxy) is 1. The van der Waals surface area contributed by atoms with Crippen LogP contribution in [0.4, 0.5) is 19.0 Å². The van der Waals surface area contributed by atoms with Crippen LogP contribution >= 0.6 is 0 Å². The number of aromatic amines is 1. The molecule has 1 aliphatic rings. The average Bonchev–Trinajstić information content (AvgIpc) is 3.37. The monoisotopic (exact) mass is 407 g/mol. The number of methoxy groups -OCH3 is 1. The summed E-state index contributed by atoms with van der Waals surface area (Å²) in [5, 5.41) is 0.483. The molecule has 1 fully saturated rings. The Labute approximate surface area is 164 Å². The highest BCUT2D eigenvalue weighted by atomic mass is 19.4. The molecular formula is C19H20F3N5O2. The fourth-order valence-corrected chi connectivity index (χ4v) is 3.76. The second-order valence-corrected chi connectivity index (χ2v) is 7.08. The number of anilines is 1. The Morgan fingerprint density at radius 2 is 2.14 bits per heavy atom. The van der Waals surface area contributed by atoms with Gasteiger partial charge in [0.25, 0.3) is 0 Å². The first-order valence-corrected chi connectivity index (χ1v) is 9.19. The van der Waals surface area contributed by atoms with Crippen LogP contribution in [-0.2, 0) is 10.9 Å². The number of H-pyrrole nitrogens is 1. The van der Waals surface area contributed by atoms with Crippen molar-refractivity contribution in [3.8, 4) is 0 Å². The zero-order valence-corrected chi connectivity index (χ0v) is 15.9. The third-order valence-electron chi connectivity index (χ3n) is 5.35. The van der Waals surface area contributed by atoms with Crippen molar-refractivity contribution >= 4 is 16.7 Å². The van der Waals surface area contributed by atoms with Crippen molar-refractivity contribution in [1.82, 2.24) is 19.5 Å². The van der Waals surface area contributed by atoms with Crippen LogP contribution in [-0.4, -0.2) is 45.8 Å². The standard InChI is InChI=1S/C19H20F3N5O2/c1-11(15-8-23-10-24-15)27-16-7-12(19(20,21)22)3-4-14(16)17(25-18(27)28)26-6-5-13(9-26)29-2/h3-4,7-8,10-11,13H,5-6,9H2,1-2H3,(H,23,24)/t11-,13+/m0/s1. The lowest BCUT2D eigenvalue weighted by Gasteiger charge is -2.23. The van der Waals surface area contributed by atoms with Gasteiger partial charge in [0.1, 0.15) is 5.82 Å². The first-order valence-electron chi connectivity index (χ1n) is 9.19. The lowest BCUT2D eigenvalue weighted by atomic mass is 10.1. The first-order chi connectivity index (χ1) is 13.8. The Morgan fingerprint density at radius 3 is 2.76 bits per heavy atom.